The fraction of sp³-hybridized carbons (Fsp3) is 0.235. The van der Waals surface area contributed by atoms with E-state index in [4.69, 9.17) is 4.74 Å². The predicted octanol–water partition coefficient (Wildman–Crippen LogP) is 6.87. The van der Waals surface area contributed by atoms with Crippen molar-refractivity contribution in [1.82, 2.24) is 0 Å². The van der Waals surface area contributed by atoms with Crippen molar-refractivity contribution >= 4 is 23.2 Å². The van der Waals surface area contributed by atoms with Crippen molar-refractivity contribution in [2.24, 2.45) is 0 Å². The molecule has 7 nitrogen and oxygen atoms in total. The first-order valence-corrected chi connectivity index (χ1v) is 13.5. The number of benzene rings is 4. The zero-order valence-electron chi connectivity index (χ0n) is 23.9. The minimum absolute atomic E-state index is 0.122. The molecule has 7 heteroatoms. The molecule has 1 heterocycles. The van der Waals surface area contributed by atoms with Crippen molar-refractivity contribution < 1.29 is 24.5 Å². The second kappa shape index (κ2) is 10.3. The summed E-state index contributed by atoms with van der Waals surface area (Å²) in [5.74, 6) is -0.411. The highest BCUT2D eigenvalue weighted by atomic mass is 16.5. The number of phenolic OH excluding ortho intramolecular Hbond substituents is 2. The van der Waals surface area contributed by atoms with Crippen molar-refractivity contribution in [1.29, 1.82) is 0 Å². The smallest absolute Gasteiger partial charge is 0.255 e. The average Bonchev–Trinajstić information content (AvgIpc) is 2.94. The van der Waals surface area contributed by atoms with E-state index >= 15 is 0 Å². The molecule has 2 amide bonds. The number of carbonyl (C=O) groups is 2. The molecule has 0 bridgehead atoms. The maximum Gasteiger partial charge on any atom is 0.255 e. The fourth-order valence-corrected chi connectivity index (χ4v) is 6.29. The molecule has 4 aromatic carbocycles. The van der Waals surface area contributed by atoms with E-state index < -0.39 is 16.9 Å². The molecule has 5 rings (SSSR count). The lowest BCUT2D eigenvalue weighted by molar-refractivity contribution is -0.117. The van der Waals surface area contributed by atoms with E-state index in [-0.39, 0.29) is 28.8 Å². The van der Waals surface area contributed by atoms with Crippen LogP contribution in [0.15, 0.2) is 84.9 Å². The third-order valence-electron chi connectivity index (χ3n) is 7.96. The first-order valence-electron chi connectivity index (χ1n) is 13.5. The number of ether oxygens (including phenoxy) is 1. The van der Waals surface area contributed by atoms with Crippen LogP contribution in [0.2, 0.25) is 0 Å². The Morgan fingerprint density at radius 1 is 0.878 bits per heavy atom. The zero-order chi connectivity index (χ0) is 29.5. The van der Waals surface area contributed by atoms with Crippen molar-refractivity contribution in [3.63, 3.8) is 0 Å². The number of hydrogen-bond acceptors (Lipinski definition) is 5. The molecule has 0 spiro atoms. The molecule has 0 fully saturated rings. The van der Waals surface area contributed by atoms with Gasteiger partial charge in [0.2, 0.25) is 5.91 Å². The number of methoxy groups -OCH3 is 1. The second-order valence-electron chi connectivity index (χ2n) is 11.3. The third-order valence-corrected chi connectivity index (χ3v) is 7.96. The Morgan fingerprint density at radius 3 is 2.07 bits per heavy atom. The Hall–Kier alpha value is -4.78. The van der Waals surface area contributed by atoms with Crippen molar-refractivity contribution in [2.75, 3.05) is 17.3 Å². The van der Waals surface area contributed by atoms with Gasteiger partial charge in [-0.25, -0.2) is 0 Å². The number of nitrogens with zero attached hydrogens (tertiary/aromatic N) is 1. The number of anilines is 2. The molecule has 1 aliphatic heterocycles. The molecule has 41 heavy (non-hydrogen) atoms. The number of fused-ring (bicyclic) bond motifs is 1. The van der Waals surface area contributed by atoms with Crippen LogP contribution in [0.3, 0.4) is 0 Å². The molecule has 0 saturated heterocycles. The Kier molecular flexibility index (Phi) is 6.99. The van der Waals surface area contributed by atoms with Gasteiger partial charge in [0.05, 0.1) is 12.8 Å². The third kappa shape index (κ3) is 4.88. The standard InChI is InChI=1S/C34H34N2O5/c1-21(37)36-27-19-28(41-5)30(35-32(40)24-13-11-23(12-14-24)22-9-7-6-8-10-22)31(39)29(27)34(4,20-33(36,2)3)25-15-17-26(38)18-16-25/h6-19,38-39H,20H2,1-5H3,(H,35,40). The van der Waals surface area contributed by atoms with Crippen molar-refractivity contribution in [2.45, 2.75) is 45.1 Å². The summed E-state index contributed by atoms with van der Waals surface area (Å²) in [6.45, 7) is 7.45. The van der Waals surface area contributed by atoms with Crippen LogP contribution in [0, 0.1) is 0 Å². The topological polar surface area (TPSA) is 99.1 Å². The highest BCUT2D eigenvalue weighted by Gasteiger charge is 2.49. The van der Waals surface area contributed by atoms with E-state index in [0.717, 1.165) is 16.7 Å². The molecule has 4 aromatic rings. The molecule has 0 radical (unpaired) electrons. The molecular weight excluding hydrogens is 516 g/mol. The molecule has 1 unspecified atom stereocenters. The predicted molar refractivity (Wildman–Crippen MR) is 161 cm³/mol. The molecular formula is C34H34N2O5. The van der Waals surface area contributed by atoms with Crippen LogP contribution in [0.4, 0.5) is 11.4 Å². The Balaban J connectivity index is 1.62. The van der Waals surface area contributed by atoms with Gasteiger partial charge in [0.15, 0.2) is 0 Å². The van der Waals surface area contributed by atoms with Crippen LogP contribution in [-0.4, -0.2) is 34.7 Å². The maximum atomic E-state index is 13.4. The van der Waals surface area contributed by atoms with E-state index in [0.29, 0.717) is 23.2 Å². The highest BCUT2D eigenvalue weighted by molar-refractivity contribution is 6.07. The van der Waals surface area contributed by atoms with E-state index in [1.54, 1.807) is 35.2 Å². The van der Waals surface area contributed by atoms with Gasteiger partial charge in [-0.2, -0.15) is 0 Å². The summed E-state index contributed by atoms with van der Waals surface area (Å²) in [4.78, 5) is 28.1. The van der Waals surface area contributed by atoms with Crippen LogP contribution < -0.4 is 15.0 Å². The first-order chi connectivity index (χ1) is 19.5. The van der Waals surface area contributed by atoms with Gasteiger partial charge in [-0.1, -0.05) is 61.5 Å². The van der Waals surface area contributed by atoms with Crippen molar-refractivity contribution in [3.05, 3.63) is 102 Å². The average molecular weight is 551 g/mol. The van der Waals surface area contributed by atoms with E-state index in [1.807, 2.05) is 75.4 Å². The van der Waals surface area contributed by atoms with Crippen molar-refractivity contribution in [3.8, 4) is 28.4 Å². The normalized spacial score (nSPS) is 17.4. The van der Waals surface area contributed by atoms with E-state index in [9.17, 15) is 19.8 Å². The van der Waals surface area contributed by atoms with Gasteiger partial charge in [-0.05, 0) is 61.2 Å². The molecule has 3 N–H and O–H groups in total. The lowest BCUT2D eigenvalue weighted by Crippen LogP contribution is -2.55. The van der Waals surface area contributed by atoms with Gasteiger partial charge in [-0.3, -0.25) is 9.59 Å². The molecule has 0 aliphatic carbocycles. The largest absolute Gasteiger partial charge is 0.508 e. The van der Waals surface area contributed by atoms with Gasteiger partial charge in [0.25, 0.3) is 5.91 Å². The second-order valence-corrected chi connectivity index (χ2v) is 11.3. The summed E-state index contributed by atoms with van der Waals surface area (Å²) >= 11 is 0. The number of carbonyl (C=O) groups excluding carboxylic acids is 2. The van der Waals surface area contributed by atoms with Gasteiger partial charge in [-0.15, -0.1) is 0 Å². The minimum atomic E-state index is -0.772. The SMILES string of the molecule is COc1cc2c(c(O)c1NC(=O)c1ccc(-c3ccccc3)cc1)C(C)(c1ccc(O)cc1)CC(C)(C)N2C(C)=O. The molecule has 0 saturated carbocycles. The summed E-state index contributed by atoms with van der Waals surface area (Å²) in [7, 11) is 1.46. The van der Waals surface area contributed by atoms with E-state index in [2.05, 4.69) is 5.32 Å². The number of amides is 2. The zero-order valence-corrected chi connectivity index (χ0v) is 23.9. The molecule has 1 aliphatic rings. The summed E-state index contributed by atoms with van der Waals surface area (Å²) in [5.41, 5.74) is 3.01. The highest BCUT2D eigenvalue weighted by Crippen LogP contribution is 2.57. The lowest BCUT2D eigenvalue weighted by atomic mass is 9.64. The number of nitrogens with one attached hydrogen (secondary N) is 1. The van der Waals surface area contributed by atoms with Gasteiger partial charge in [0, 0.05) is 35.1 Å². The van der Waals surface area contributed by atoms with Crippen LogP contribution in [-0.2, 0) is 10.2 Å². The number of phenols is 2. The Bertz CT molecular complexity index is 1610. The number of hydrogen-bond donors (Lipinski definition) is 3. The number of rotatable bonds is 5. The van der Waals surface area contributed by atoms with Crippen LogP contribution in [0.1, 0.15) is 55.6 Å². The quantitative estimate of drug-likeness (QED) is 0.236. The minimum Gasteiger partial charge on any atom is -0.508 e. The first kappa shape index (κ1) is 27.8. The summed E-state index contributed by atoms with van der Waals surface area (Å²) in [6.07, 6.45) is 0.478. The van der Waals surface area contributed by atoms with Crippen LogP contribution in [0.5, 0.6) is 17.2 Å². The fourth-order valence-electron chi connectivity index (χ4n) is 6.29. The van der Waals surface area contributed by atoms with Crippen LogP contribution >= 0.6 is 0 Å². The van der Waals surface area contributed by atoms with E-state index in [1.165, 1.54) is 14.0 Å². The summed E-state index contributed by atoms with van der Waals surface area (Å²) < 4.78 is 5.65. The molecule has 0 aromatic heterocycles. The lowest BCUT2D eigenvalue weighted by Gasteiger charge is -2.51. The maximum absolute atomic E-state index is 13.4. The summed E-state index contributed by atoms with van der Waals surface area (Å²) in [5, 5.41) is 24.7. The summed E-state index contributed by atoms with van der Waals surface area (Å²) in [6, 6.07) is 25.6. The molecule has 1 atom stereocenters. The number of aromatic hydroxyl groups is 2. The Morgan fingerprint density at radius 2 is 1.49 bits per heavy atom. The Labute approximate surface area is 240 Å². The van der Waals surface area contributed by atoms with Gasteiger partial charge < -0.3 is 25.2 Å². The molecule has 210 valence electrons. The van der Waals surface area contributed by atoms with Crippen LogP contribution in [0.25, 0.3) is 11.1 Å². The monoisotopic (exact) mass is 550 g/mol. The van der Waals surface area contributed by atoms with Gasteiger partial charge in [0.1, 0.15) is 22.9 Å². The van der Waals surface area contributed by atoms with Gasteiger partial charge >= 0.3 is 0 Å².